The van der Waals surface area contributed by atoms with Crippen LogP contribution in [0.2, 0.25) is 0 Å². The second-order valence-electron chi connectivity index (χ2n) is 8.67. The van der Waals surface area contributed by atoms with Crippen molar-refractivity contribution in [2.45, 2.75) is 123 Å². The zero-order valence-electron chi connectivity index (χ0n) is 19.2. The second-order valence-corrected chi connectivity index (χ2v) is 8.67. The fraction of sp³-hybridized carbons (Fsp3) is 0.958. The number of carbonyl (C=O) groups excluding carboxylic acids is 1. The van der Waals surface area contributed by atoms with Crippen molar-refractivity contribution in [1.82, 2.24) is 0 Å². The predicted octanol–water partition coefficient (Wildman–Crippen LogP) is 5.14. The number of esters is 1. The van der Waals surface area contributed by atoms with Gasteiger partial charge in [0.25, 0.3) is 0 Å². The van der Waals surface area contributed by atoms with Gasteiger partial charge in [-0.1, -0.05) is 96.8 Å². The Labute approximate surface area is 179 Å². The molecule has 0 spiro atoms. The number of unbranched alkanes of at least 4 members (excludes halogenated alkanes) is 14. The number of ether oxygens (including phenoxy) is 1. The molecule has 174 valence electrons. The Morgan fingerprint density at radius 1 is 0.690 bits per heavy atom. The molecular formula is C24H48O5. The molecule has 3 N–H and O–H groups in total. The lowest BCUT2D eigenvalue weighted by Crippen LogP contribution is -2.45. The fourth-order valence-corrected chi connectivity index (χ4v) is 3.56. The maximum Gasteiger partial charge on any atom is 0.306 e. The Morgan fingerprint density at radius 3 is 1.38 bits per heavy atom. The first kappa shape index (κ1) is 28.4. The number of aliphatic hydroxyl groups excluding tert-OH is 3. The normalized spacial score (nSPS) is 12.9. The molecule has 29 heavy (non-hydrogen) atoms. The molecule has 0 fully saturated rings. The molecule has 0 radical (unpaired) electrons. The van der Waals surface area contributed by atoms with E-state index in [9.17, 15) is 20.1 Å². The third-order valence-corrected chi connectivity index (χ3v) is 6.10. The summed E-state index contributed by atoms with van der Waals surface area (Å²) in [4.78, 5) is 11.9. The molecule has 0 bridgehead atoms. The van der Waals surface area contributed by atoms with Crippen LogP contribution in [0, 0.1) is 5.41 Å². The molecule has 1 atom stereocenters. The van der Waals surface area contributed by atoms with Crippen LogP contribution in [0.4, 0.5) is 0 Å². The minimum atomic E-state index is -1.18. The standard InChI is InChI=1S/C24H48O5/c1-3-4-5-6-7-8-9-10-11-12-13-14-15-16-17-18-23(28)29-22(2)24(19-25,20-26)21-27/h22,25-27H,3-21H2,1-2H3. The third-order valence-electron chi connectivity index (χ3n) is 6.10. The van der Waals surface area contributed by atoms with Gasteiger partial charge >= 0.3 is 5.97 Å². The molecule has 0 saturated carbocycles. The van der Waals surface area contributed by atoms with E-state index < -0.39 is 31.3 Å². The lowest BCUT2D eigenvalue weighted by Gasteiger charge is -2.33. The fourth-order valence-electron chi connectivity index (χ4n) is 3.56. The summed E-state index contributed by atoms with van der Waals surface area (Å²) in [5.74, 6) is -0.327. The quantitative estimate of drug-likeness (QED) is 0.178. The summed E-state index contributed by atoms with van der Waals surface area (Å²) in [5, 5.41) is 28.1. The molecule has 0 aromatic rings. The van der Waals surface area contributed by atoms with E-state index in [0.29, 0.717) is 6.42 Å². The van der Waals surface area contributed by atoms with Crippen molar-refractivity contribution in [3.8, 4) is 0 Å². The van der Waals surface area contributed by atoms with Gasteiger partial charge in [-0.05, 0) is 13.3 Å². The van der Waals surface area contributed by atoms with Crippen LogP contribution < -0.4 is 0 Å². The Hall–Kier alpha value is -0.650. The average molecular weight is 417 g/mol. The Kier molecular flexibility index (Phi) is 18.9. The van der Waals surface area contributed by atoms with E-state index in [-0.39, 0.29) is 5.97 Å². The molecule has 0 amide bonds. The van der Waals surface area contributed by atoms with Crippen molar-refractivity contribution < 1.29 is 24.9 Å². The first-order valence-electron chi connectivity index (χ1n) is 12.1. The van der Waals surface area contributed by atoms with Crippen molar-refractivity contribution in [3.05, 3.63) is 0 Å². The molecule has 0 aliphatic carbocycles. The molecule has 0 aromatic carbocycles. The number of carbonyl (C=O) groups is 1. The highest BCUT2D eigenvalue weighted by Gasteiger charge is 2.37. The first-order valence-corrected chi connectivity index (χ1v) is 12.1. The van der Waals surface area contributed by atoms with Gasteiger partial charge in [-0.3, -0.25) is 4.79 Å². The lowest BCUT2D eigenvalue weighted by atomic mass is 9.85. The van der Waals surface area contributed by atoms with Crippen LogP contribution in [0.25, 0.3) is 0 Å². The van der Waals surface area contributed by atoms with Gasteiger partial charge in [-0.15, -0.1) is 0 Å². The van der Waals surface area contributed by atoms with Crippen LogP contribution in [0.5, 0.6) is 0 Å². The monoisotopic (exact) mass is 416 g/mol. The number of rotatable bonds is 21. The SMILES string of the molecule is CCCCCCCCCCCCCCCCCC(=O)OC(C)C(CO)(CO)CO. The summed E-state index contributed by atoms with van der Waals surface area (Å²) in [6.45, 7) is 2.60. The van der Waals surface area contributed by atoms with E-state index >= 15 is 0 Å². The van der Waals surface area contributed by atoms with Crippen molar-refractivity contribution in [3.63, 3.8) is 0 Å². The van der Waals surface area contributed by atoms with Crippen LogP contribution >= 0.6 is 0 Å². The molecule has 0 aromatic heterocycles. The zero-order valence-corrected chi connectivity index (χ0v) is 19.2. The third kappa shape index (κ3) is 14.1. The van der Waals surface area contributed by atoms with Crippen molar-refractivity contribution >= 4 is 5.97 Å². The maximum absolute atomic E-state index is 11.9. The summed E-state index contributed by atoms with van der Waals surface area (Å²) in [7, 11) is 0. The highest BCUT2D eigenvalue weighted by Crippen LogP contribution is 2.23. The minimum absolute atomic E-state index is 0.327. The van der Waals surface area contributed by atoms with Crippen molar-refractivity contribution in [2.75, 3.05) is 19.8 Å². The molecule has 0 rings (SSSR count). The number of aliphatic hydroxyl groups is 3. The molecular weight excluding hydrogens is 368 g/mol. The molecule has 0 saturated heterocycles. The Bertz CT molecular complexity index is 360. The largest absolute Gasteiger partial charge is 0.462 e. The van der Waals surface area contributed by atoms with Gasteiger partial charge in [-0.2, -0.15) is 0 Å². The van der Waals surface area contributed by atoms with E-state index in [1.54, 1.807) is 6.92 Å². The molecule has 0 aliphatic rings. The minimum Gasteiger partial charge on any atom is -0.462 e. The summed E-state index contributed by atoms with van der Waals surface area (Å²) < 4.78 is 5.29. The Morgan fingerprint density at radius 2 is 1.03 bits per heavy atom. The maximum atomic E-state index is 11.9. The van der Waals surface area contributed by atoms with E-state index in [1.807, 2.05) is 0 Å². The van der Waals surface area contributed by atoms with E-state index in [4.69, 9.17) is 4.74 Å². The molecule has 0 aliphatic heterocycles. The van der Waals surface area contributed by atoms with Gasteiger partial charge in [0.15, 0.2) is 0 Å². The highest BCUT2D eigenvalue weighted by atomic mass is 16.5. The molecule has 5 heteroatoms. The lowest BCUT2D eigenvalue weighted by molar-refractivity contribution is -0.163. The molecule has 1 unspecified atom stereocenters. The summed E-state index contributed by atoms with van der Waals surface area (Å²) in [6, 6.07) is 0. The average Bonchev–Trinajstić information content (AvgIpc) is 2.72. The van der Waals surface area contributed by atoms with Crippen LogP contribution in [-0.2, 0) is 9.53 Å². The summed E-state index contributed by atoms with van der Waals surface area (Å²) in [6.07, 6.45) is 18.9. The molecule has 5 nitrogen and oxygen atoms in total. The van der Waals surface area contributed by atoms with Crippen molar-refractivity contribution in [1.29, 1.82) is 0 Å². The summed E-state index contributed by atoms with van der Waals surface area (Å²) in [5.41, 5.74) is -1.18. The summed E-state index contributed by atoms with van der Waals surface area (Å²) >= 11 is 0. The number of hydrogen-bond acceptors (Lipinski definition) is 5. The van der Waals surface area contributed by atoms with Crippen molar-refractivity contribution in [2.24, 2.45) is 5.41 Å². The first-order chi connectivity index (χ1) is 14.1. The van der Waals surface area contributed by atoms with Gasteiger partial charge in [0, 0.05) is 6.42 Å². The van der Waals surface area contributed by atoms with E-state index in [0.717, 1.165) is 19.3 Å². The van der Waals surface area contributed by atoms with Gasteiger partial charge in [0.2, 0.25) is 0 Å². The van der Waals surface area contributed by atoms with Gasteiger partial charge in [0.1, 0.15) is 6.10 Å². The van der Waals surface area contributed by atoms with Crippen LogP contribution in [0.15, 0.2) is 0 Å². The Balaban J connectivity index is 3.49. The van der Waals surface area contributed by atoms with Crippen LogP contribution in [-0.4, -0.2) is 47.2 Å². The second kappa shape index (κ2) is 19.3. The van der Waals surface area contributed by atoms with Crippen LogP contribution in [0.3, 0.4) is 0 Å². The van der Waals surface area contributed by atoms with E-state index in [1.165, 1.54) is 77.0 Å². The zero-order chi connectivity index (χ0) is 21.8. The predicted molar refractivity (Wildman–Crippen MR) is 119 cm³/mol. The highest BCUT2D eigenvalue weighted by molar-refractivity contribution is 5.69. The molecule has 0 heterocycles. The van der Waals surface area contributed by atoms with Gasteiger partial charge < -0.3 is 20.1 Å². The van der Waals surface area contributed by atoms with Gasteiger partial charge in [0.05, 0.1) is 25.2 Å². The topological polar surface area (TPSA) is 87.0 Å². The van der Waals surface area contributed by atoms with Crippen LogP contribution in [0.1, 0.15) is 117 Å². The van der Waals surface area contributed by atoms with E-state index in [2.05, 4.69) is 6.92 Å². The number of hydrogen-bond donors (Lipinski definition) is 3. The smallest absolute Gasteiger partial charge is 0.306 e. The van der Waals surface area contributed by atoms with Gasteiger partial charge in [-0.25, -0.2) is 0 Å².